The van der Waals surface area contributed by atoms with Crippen molar-refractivity contribution in [3.63, 3.8) is 0 Å². The van der Waals surface area contributed by atoms with Gasteiger partial charge in [0.1, 0.15) is 23.0 Å². The Morgan fingerprint density at radius 3 is 2.61 bits per heavy atom. The second-order valence-electron chi connectivity index (χ2n) is 4.96. The molecule has 0 saturated carbocycles. The summed E-state index contributed by atoms with van der Waals surface area (Å²) in [6, 6.07) is 3.04. The number of hydrogen-bond donors (Lipinski definition) is 1. The number of nitrogens with zero attached hydrogens (tertiary/aromatic N) is 1. The molecular weight excluding hydrogens is 379 g/mol. The fourth-order valence-electron chi connectivity index (χ4n) is 2.13. The first-order valence-corrected chi connectivity index (χ1v) is 8.58. The van der Waals surface area contributed by atoms with E-state index in [1.165, 1.54) is 23.5 Å². The molecule has 0 radical (unpaired) electrons. The number of rotatable bonds is 3. The third kappa shape index (κ3) is 3.19. The van der Waals surface area contributed by atoms with E-state index in [1.54, 1.807) is 0 Å². The van der Waals surface area contributed by atoms with E-state index in [0.29, 0.717) is 36.9 Å². The van der Waals surface area contributed by atoms with Gasteiger partial charge in [-0.05, 0) is 25.5 Å². The first-order chi connectivity index (χ1) is 10.9. The summed E-state index contributed by atoms with van der Waals surface area (Å²) in [5.41, 5.74) is 0.787. The number of thiophene rings is 1. The number of nitrogens with one attached hydrogen (secondary N) is 1. The van der Waals surface area contributed by atoms with Crippen LogP contribution in [0.5, 0.6) is 5.75 Å². The number of aromatic nitrogens is 2. The Morgan fingerprint density at radius 2 is 1.87 bits per heavy atom. The van der Waals surface area contributed by atoms with Crippen molar-refractivity contribution >= 4 is 56.4 Å². The van der Waals surface area contributed by atoms with Crippen LogP contribution in [0.25, 0.3) is 10.2 Å². The van der Waals surface area contributed by atoms with Crippen LogP contribution in [0.2, 0.25) is 15.1 Å². The summed E-state index contributed by atoms with van der Waals surface area (Å²) < 4.78 is 5.60. The average molecular weight is 390 g/mol. The minimum Gasteiger partial charge on any atom is -0.484 e. The lowest BCUT2D eigenvalue weighted by molar-refractivity contribution is 0.296. The van der Waals surface area contributed by atoms with Gasteiger partial charge in [0.15, 0.2) is 0 Å². The summed E-state index contributed by atoms with van der Waals surface area (Å²) in [7, 11) is 0. The fraction of sp³-hybridized carbons (Fsp3) is 0.200. The zero-order valence-corrected chi connectivity index (χ0v) is 15.3. The van der Waals surface area contributed by atoms with Gasteiger partial charge in [-0.3, -0.25) is 4.79 Å². The molecule has 0 aliphatic heterocycles. The number of hydrogen-bond acceptors (Lipinski definition) is 4. The van der Waals surface area contributed by atoms with E-state index >= 15 is 0 Å². The molecule has 23 heavy (non-hydrogen) atoms. The van der Waals surface area contributed by atoms with Crippen molar-refractivity contribution in [1.29, 1.82) is 0 Å². The van der Waals surface area contributed by atoms with Crippen LogP contribution >= 0.6 is 46.1 Å². The highest BCUT2D eigenvalue weighted by atomic mass is 35.5. The number of aromatic amines is 1. The largest absolute Gasteiger partial charge is 0.484 e. The van der Waals surface area contributed by atoms with E-state index in [0.717, 1.165) is 10.4 Å². The fourth-order valence-corrected chi connectivity index (χ4v) is 3.77. The molecular formula is C15H11Cl3N2O2S. The van der Waals surface area contributed by atoms with Crippen LogP contribution in [0.1, 0.15) is 16.3 Å². The monoisotopic (exact) mass is 388 g/mol. The highest BCUT2D eigenvalue weighted by Crippen LogP contribution is 2.34. The van der Waals surface area contributed by atoms with Crippen LogP contribution in [-0.2, 0) is 6.61 Å². The van der Waals surface area contributed by atoms with Crippen molar-refractivity contribution in [2.45, 2.75) is 20.5 Å². The van der Waals surface area contributed by atoms with Gasteiger partial charge in [-0.25, -0.2) is 4.98 Å². The second-order valence-corrected chi connectivity index (χ2v) is 7.39. The molecule has 0 saturated heterocycles. The van der Waals surface area contributed by atoms with E-state index in [1.807, 2.05) is 13.8 Å². The normalized spacial score (nSPS) is 11.2. The molecule has 8 heteroatoms. The molecule has 2 heterocycles. The summed E-state index contributed by atoms with van der Waals surface area (Å²) in [5.74, 6) is 0.799. The van der Waals surface area contributed by atoms with Crippen molar-refractivity contribution < 1.29 is 4.74 Å². The number of H-pyrrole nitrogens is 1. The molecule has 1 aromatic carbocycles. The van der Waals surface area contributed by atoms with Gasteiger partial charge < -0.3 is 9.72 Å². The first-order valence-electron chi connectivity index (χ1n) is 6.63. The third-order valence-electron chi connectivity index (χ3n) is 3.43. The zero-order valence-electron chi connectivity index (χ0n) is 12.2. The predicted octanol–water partition coefficient (Wildman–Crippen LogP) is 5.14. The first kappa shape index (κ1) is 16.6. The Hall–Kier alpha value is -1.27. The Labute approximate surface area is 151 Å². The Balaban J connectivity index is 1.91. The van der Waals surface area contributed by atoms with Crippen LogP contribution in [0.4, 0.5) is 0 Å². The Kier molecular flexibility index (Phi) is 4.56. The summed E-state index contributed by atoms with van der Waals surface area (Å²) in [4.78, 5) is 21.1. The smallest absolute Gasteiger partial charge is 0.260 e. The maximum atomic E-state index is 12.2. The molecule has 0 fully saturated rings. The number of halogens is 3. The van der Waals surface area contributed by atoms with Crippen molar-refractivity contribution in [3.8, 4) is 5.75 Å². The zero-order chi connectivity index (χ0) is 16.7. The molecule has 0 unspecified atom stereocenters. The van der Waals surface area contributed by atoms with Crippen molar-refractivity contribution in [3.05, 3.63) is 53.8 Å². The van der Waals surface area contributed by atoms with E-state index in [4.69, 9.17) is 39.5 Å². The third-order valence-corrected chi connectivity index (χ3v) is 5.55. The molecule has 0 aliphatic rings. The Bertz CT molecular complexity index is 965. The second kappa shape index (κ2) is 6.32. The van der Waals surface area contributed by atoms with E-state index in [9.17, 15) is 4.79 Å². The highest BCUT2D eigenvalue weighted by molar-refractivity contribution is 7.18. The lowest BCUT2D eigenvalue weighted by Crippen LogP contribution is -2.13. The van der Waals surface area contributed by atoms with Crippen molar-refractivity contribution in [2.24, 2.45) is 0 Å². The van der Waals surface area contributed by atoms with Crippen LogP contribution in [0.15, 0.2) is 16.9 Å². The SMILES string of the molecule is Cc1sc2nc(COc3cc(Cl)c(Cl)cc3Cl)[nH]c(=O)c2c1C. The van der Waals surface area contributed by atoms with Crippen LogP contribution < -0.4 is 10.3 Å². The molecule has 120 valence electrons. The van der Waals surface area contributed by atoms with Gasteiger partial charge >= 0.3 is 0 Å². The van der Waals surface area contributed by atoms with E-state index in [-0.39, 0.29) is 12.2 Å². The standard InChI is InChI=1S/C15H11Cl3N2O2S/c1-6-7(2)23-15-13(6)14(21)19-12(20-15)5-22-11-4-9(17)8(16)3-10(11)18/h3-4H,5H2,1-2H3,(H,19,20,21). The molecule has 0 aliphatic carbocycles. The molecule has 3 aromatic rings. The van der Waals surface area contributed by atoms with Crippen molar-refractivity contribution in [1.82, 2.24) is 9.97 Å². The van der Waals surface area contributed by atoms with Gasteiger partial charge in [0.05, 0.1) is 20.5 Å². The van der Waals surface area contributed by atoms with E-state index < -0.39 is 0 Å². The van der Waals surface area contributed by atoms with Crippen LogP contribution in [0.3, 0.4) is 0 Å². The van der Waals surface area contributed by atoms with Crippen LogP contribution in [-0.4, -0.2) is 9.97 Å². The number of benzene rings is 1. The van der Waals surface area contributed by atoms with Gasteiger partial charge in [0.2, 0.25) is 0 Å². The summed E-state index contributed by atoms with van der Waals surface area (Å²) in [5, 5.41) is 1.66. The number of fused-ring (bicyclic) bond motifs is 1. The van der Waals surface area contributed by atoms with Gasteiger partial charge in [-0.2, -0.15) is 0 Å². The van der Waals surface area contributed by atoms with Gasteiger partial charge in [-0.15, -0.1) is 11.3 Å². The topological polar surface area (TPSA) is 55.0 Å². The maximum Gasteiger partial charge on any atom is 0.260 e. The molecule has 2 aromatic heterocycles. The lowest BCUT2D eigenvalue weighted by Gasteiger charge is -2.09. The molecule has 0 amide bonds. The molecule has 0 bridgehead atoms. The maximum absolute atomic E-state index is 12.2. The summed E-state index contributed by atoms with van der Waals surface area (Å²) >= 11 is 19.4. The minimum atomic E-state index is -0.171. The molecule has 1 N–H and O–H groups in total. The average Bonchev–Trinajstić information content (AvgIpc) is 2.77. The van der Waals surface area contributed by atoms with Crippen LogP contribution in [0, 0.1) is 13.8 Å². The van der Waals surface area contributed by atoms with Gasteiger partial charge in [0, 0.05) is 10.9 Å². The predicted molar refractivity (Wildman–Crippen MR) is 95.5 cm³/mol. The number of ether oxygens (including phenoxy) is 1. The minimum absolute atomic E-state index is 0.0683. The van der Waals surface area contributed by atoms with Gasteiger partial charge in [0.25, 0.3) is 5.56 Å². The molecule has 0 atom stereocenters. The lowest BCUT2D eigenvalue weighted by atomic mass is 10.2. The van der Waals surface area contributed by atoms with E-state index in [2.05, 4.69) is 9.97 Å². The summed E-state index contributed by atoms with van der Waals surface area (Å²) in [6.45, 7) is 3.95. The number of aryl methyl sites for hydroxylation is 2. The summed E-state index contributed by atoms with van der Waals surface area (Å²) in [6.07, 6.45) is 0. The molecule has 0 spiro atoms. The Morgan fingerprint density at radius 1 is 1.17 bits per heavy atom. The van der Waals surface area contributed by atoms with Crippen molar-refractivity contribution in [2.75, 3.05) is 0 Å². The quantitative estimate of drug-likeness (QED) is 0.631. The molecule has 3 rings (SSSR count). The van der Waals surface area contributed by atoms with Gasteiger partial charge in [-0.1, -0.05) is 34.8 Å². The molecule has 4 nitrogen and oxygen atoms in total. The highest BCUT2D eigenvalue weighted by Gasteiger charge is 2.13.